The van der Waals surface area contributed by atoms with Crippen LogP contribution in [0.2, 0.25) is 0 Å². The molecule has 0 aromatic carbocycles. The third kappa shape index (κ3) is 7.31. The SMILES string of the molecule is CCCCCCC(=O)OCC1C2C=CC(C2)C1COC(=O)CCCCCC. The third-order valence-electron chi connectivity index (χ3n) is 6.14. The monoisotopic (exact) mass is 378 g/mol. The Hall–Kier alpha value is -1.32. The summed E-state index contributed by atoms with van der Waals surface area (Å²) >= 11 is 0. The first-order chi connectivity index (χ1) is 13.2. The average molecular weight is 379 g/mol. The summed E-state index contributed by atoms with van der Waals surface area (Å²) in [4.78, 5) is 24.0. The van der Waals surface area contributed by atoms with Gasteiger partial charge in [0, 0.05) is 24.7 Å². The summed E-state index contributed by atoms with van der Waals surface area (Å²) in [6.45, 7) is 5.27. The van der Waals surface area contributed by atoms with E-state index < -0.39 is 0 Å². The van der Waals surface area contributed by atoms with Gasteiger partial charge in [0.15, 0.2) is 0 Å². The number of allylic oxidation sites excluding steroid dienone is 2. The van der Waals surface area contributed by atoms with Gasteiger partial charge in [-0.15, -0.1) is 0 Å². The second kappa shape index (κ2) is 12.2. The molecule has 2 aliphatic rings. The van der Waals surface area contributed by atoms with E-state index in [0.717, 1.165) is 32.1 Å². The molecule has 0 saturated heterocycles. The predicted octanol–water partition coefficient (Wildman–Crippen LogP) is 5.45. The number of esters is 2. The third-order valence-corrected chi connectivity index (χ3v) is 6.14. The van der Waals surface area contributed by atoms with Crippen LogP contribution in [0.25, 0.3) is 0 Å². The zero-order chi connectivity index (χ0) is 19.5. The van der Waals surface area contributed by atoms with E-state index in [2.05, 4.69) is 26.0 Å². The number of unbranched alkanes of at least 4 members (excludes halogenated alkanes) is 6. The van der Waals surface area contributed by atoms with Gasteiger partial charge in [0.1, 0.15) is 0 Å². The summed E-state index contributed by atoms with van der Waals surface area (Å²) in [5.41, 5.74) is 0. The molecule has 0 spiro atoms. The van der Waals surface area contributed by atoms with E-state index in [9.17, 15) is 9.59 Å². The maximum atomic E-state index is 12.0. The molecule has 0 N–H and O–H groups in total. The molecule has 0 aliphatic heterocycles. The smallest absolute Gasteiger partial charge is 0.305 e. The van der Waals surface area contributed by atoms with Gasteiger partial charge in [-0.1, -0.05) is 64.5 Å². The Bertz CT molecular complexity index is 443. The van der Waals surface area contributed by atoms with Crippen molar-refractivity contribution in [1.82, 2.24) is 0 Å². The Morgan fingerprint density at radius 3 is 1.59 bits per heavy atom. The summed E-state index contributed by atoms with van der Waals surface area (Å²) in [5.74, 6) is 1.38. The van der Waals surface area contributed by atoms with Crippen molar-refractivity contribution in [3.8, 4) is 0 Å². The van der Waals surface area contributed by atoms with Crippen molar-refractivity contribution in [2.75, 3.05) is 13.2 Å². The van der Waals surface area contributed by atoms with Crippen molar-refractivity contribution in [2.24, 2.45) is 23.7 Å². The summed E-state index contributed by atoms with van der Waals surface area (Å²) in [7, 11) is 0. The molecular weight excluding hydrogens is 340 g/mol. The molecule has 2 rings (SSSR count). The molecule has 0 amide bonds. The molecule has 0 radical (unpaired) electrons. The Kier molecular flexibility index (Phi) is 9.93. The molecule has 4 atom stereocenters. The molecule has 4 nitrogen and oxygen atoms in total. The van der Waals surface area contributed by atoms with Crippen LogP contribution in [0.4, 0.5) is 0 Å². The van der Waals surface area contributed by atoms with Crippen molar-refractivity contribution >= 4 is 11.9 Å². The molecular formula is C23H38O4. The largest absolute Gasteiger partial charge is 0.465 e. The number of ether oxygens (including phenoxy) is 2. The van der Waals surface area contributed by atoms with Crippen LogP contribution in [0.3, 0.4) is 0 Å². The lowest BCUT2D eigenvalue weighted by Crippen LogP contribution is -2.30. The lowest BCUT2D eigenvalue weighted by atomic mass is 9.84. The van der Waals surface area contributed by atoms with Gasteiger partial charge in [-0.05, 0) is 31.1 Å². The molecule has 27 heavy (non-hydrogen) atoms. The maximum Gasteiger partial charge on any atom is 0.305 e. The standard InChI is InChI=1S/C23H38O4/c1-3-5-7-9-11-22(24)26-16-20-18-13-14-19(15-18)21(20)17-27-23(25)12-10-8-6-4-2/h13-14,18-21H,3-12,15-17H2,1-2H3. The van der Waals surface area contributed by atoms with Gasteiger partial charge in [0.25, 0.3) is 0 Å². The second-order valence-electron chi connectivity index (χ2n) is 8.26. The first kappa shape index (κ1) is 22.0. The maximum absolute atomic E-state index is 12.0. The minimum atomic E-state index is -0.0791. The van der Waals surface area contributed by atoms with E-state index in [1.807, 2.05) is 0 Å². The minimum absolute atomic E-state index is 0.0791. The van der Waals surface area contributed by atoms with E-state index >= 15 is 0 Å². The van der Waals surface area contributed by atoms with Crippen molar-refractivity contribution < 1.29 is 19.1 Å². The highest BCUT2D eigenvalue weighted by atomic mass is 16.5. The molecule has 2 aliphatic carbocycles. The molecule has 4 unspecified atom stereocenters. The molecule has 1 fully saturated rings. The lowest BCUT2D eigenvalue weighted by Gasteiger charge is -2.27. The van der Waals surface area contributed by atoms with E-state index in [1.165, 1.54) is 25.7 Å². The van der Waals surface area contributed by atoms with Crippen molar-refractivity contribution in [3.05, 3.63) is 12.2 Å². The zero-order valence-electron chi connectivity index (χ0n) is 17.3. The van der Waals surface area contributed by atoms with Crippen LogP contribution in [-0.2, 0) is 19.1 Å². The van der Waals surface area contributed by atoms with Crippen LogP contribution in [-0.4, -0.2) is 25.2 Å². The second-order valence-corrected chi connectivity index (χ2v) is 8.26. The van der Waals surface area contributed by atoms with Gasteiger partial charge >= 0.3 is 11.9 Å². The first-order valence-corrected chi connectivity index (χ1v) is 11.1. The van der Waals surface area contributed by atoms with Crippen molar-refractivity contribution in [1.29, 1.82) is 0 Å². The van der Waals surface area contributed by atoms with Crippen molar-refractivity contribution in [3.63, 3.8) is 0 Å². The number of carbonyl (C=O) groups excluding carboxylic acids is 2. The average Bonchev–Trinajstić information content (AvgIpc) is 3.27. The van der Waals surface area contributed by atoms with Crippen LogP contribution in [0, 0.1) is 23.7 Å². The van der Waals surface area contributed by atoms with E-state index in [0.29, 0.717) is 49.7 Å². The summed E-state index contributed by atoms with van der Waals surface area (Å²) < 4.78 is 11.1. The zero-order valence-corrected chi connectivity index (χ0v) is 17.3. The fourth-order valence-electron chi connectivity index (χ4n) is 4.44. The lowest BCUT2D eigenvalue weighted by molar-refractivity contribution is -0.150. The Morgan fingerprint density at radius 1 is 0.741 bits per heavy atom. The van der Waals surface area contributed by atoms with Gasteiger partial charge in [-0.2, -0.15) is 0 Å². The van der Waals surface area contributed by atoms with Gasteiger partial charge in [0.2, 0.25) is 0 Å². The van der Waals surface area contributed by atoms with Gasteiger partial charge < -0.3 is 9.47 Å². The molecule has 4 heteroatoms. The van der Waals surface area contributed by atoms with Crippen LogP contribution >= 0.6 is 0 Å². The molecule has 154 valence electrons. The number of hydrogen-bond donors (Lipinski definition) is 0. The van der Waals surface area contributed by atoms with Gasteiger partial charge in [-0.3, -0.25) is 9.59 Å². The van der Waals surface area contributed by atoms with Gasteiger partial charge in [-0.25, -0.2) is 0 Å². The van der Waals surface area contributed by atoms with E-state index in [-0.39, 0.29) is 11.9 Å². The minimum Gasteiger partial charge on any atom is -0.465 e. The highest BCUT2D eigenvalue weighted by Gasteiger charge is 2.45. The number of carbonyl (C=O) groups is 2. The van der Waals surface area contributed by atoms with Crippen LogP contribution < -0.4 is 0 Å². The van der Waals surface area contributed by atoms with Gasteiger partial charge in [0.05, 0.1) is 13.2 Å². The highest BCUT2D eigenvalue weighted by molar-refractivity contribution is 5.69. The van der Waals surface area contributed by atoms with Crippen LogP contribution in [0.5, 0.6) is 0 Å². The quantitative estimate of drug-likeness (QED) is 0.229. The van der Waals surface area contributed by atoms with Crippen molar-refractivity contribution in [2.45, 2.75) is 84.5 Å². The van der Waals surface area contributed by atoms with E-state index in [4.69, 9.17) is 9.47 Å². The molecule has 2 bridgehead atoms. The first-order valence-electron chi connectivity index (χ1n) is 11.1. The Labute approximate surface area is 165 Å². The molecule has 0 aromatic heterocycles. The summed E-state index contributed by atoms with van der Waals surface area (Å²) in [6.07, 6.45) is 15.4. The molecule has 0 heterocycles. The summed E-state index contributed by atoms with van der Waals surface area (Å²) in [6, 6.07) is 0. The fourth-order valence-corrected chi connectivity index (χ4v) is 4.44. The van der Waals surface area contributed by atoms with Crippen LogP contribution in [0.15, 0.2) is 12.2 Å². The topological polar surface area (TPSA) is 52.6 Å². The fraction of sp³-hybridized carbons (Fsp3) is 0.826. The molecule has 0 aromatic rings. The number of rotatable bonds is 14. The predicted molar refractivity (Wildman–Crippen MR) is 107 cm³/mol. The summed E-state index contributed by atoms with van der Waals surface area (Å²) in [5, 5.41) is 0. The normalized spacial score (nSPS) is 25.7. The van der Waals surface area contributed by atoms with Crippen LogP contribution in [0.1, 0.15) is 84.5 Å². The Balaban J connectivity index is 1.69. The number of fused-ring (bicyclic) bond motifs is 2. The van der Waals surface area contributed by atoms with E-state index in [1.54, 1.807) is 0 Å². The number of hydrogen-bond acceptors (Lipinski definition) is 4. The molecule has 1 saturated carbocycles. The highest BCUT2D eigenvalue weighted by Crippen LogP contribution is 2.48. The Morgan fingerprint density at radius 2 is 1.19 bits per heavy atom.